The predicted octanol–water partition coefficient (Wildman–Crippen LogP) is 2.81. The molecule has 0 radical (unpaired) electrons. The van der Waals surface area contributed by atoms with E-state index in [1.165, 1.54) is 11.3 Å². The lowest BCUT2D eigenvalue weighted by Crippen LogP contribution is -2.37. The molecule has 1 fully saturated rings. The molecule has 1 aliphatic heterocycles. The molecule has 2 rings (SSSR count). The lowest BCUT2D eigenvalue weighted by molar-refractivity contribution is 0.343. The van der Waals surface area contributed by atoms with E-state index in [4.69, 9.17) is 0 Å². The Bertz CT molecular complexity index is 525. The predicted molar refractivity (Wildman–Crippen MR) is 83.5 cm³/mol. The maximum Gasteiger partial charge on any atom is 0.252 e. The quantitative estimate of drug-likeness (QED) is 0.909. The Kier molecular flexibility index (Phi) is 5.60. The van der Waals surface area contributed by atoms with Crippen LogP contribution in [0.25, 0.3) is 0 Å². The Hall–Kier alpha value is -0.430. The first-order valence-corrected chi connectivity index (χ1v) is 9.67. The Morgan fingerprint density at radius 1 is 1.40 bits per heavy atom. The van der Waals surface area contributed by atoms with Crippen molar-refractivity contribution in [1.29, 1.82) is 0 Å². The van der Waals surface area contributed by atoms with Gasteiger partial charge in [0.15, 0.2) is 0 Å². The van der Waals surface area contributed by atoms with Gasteiger partial charge in [-0.25, -0.2) is 8.42 Å². The molecular weight excluding hydrogens is 292 g/mol. The fraction of sp³-hybridized carbons (Fsp3) is 0.714. The highest BCUT2D eigenvalue weighted by Gasteiger charge is 2.30. The van der Waals surface area contributed by atoms with Crippen molar-refractivity contribution < 1.29 is 8.42 Å². The molecule has 1 saturated heterocycles. The van der Waals surface area contributed by atoms with Gasteiger partial charge >= 0.3 is 0 Å². The van der Waals surface area contributed by atoms with Crippen molar-refractivity contribution in [3.63, 3.8) is 0 Å². The van der Waals surface area contributed by atoms with Crippen LogP contribution in [0.5, 0.6) is 0 Å². The highest BCUT2D eigenvalue weighted by Crippen LogP contribution is 2.28. The van der Waals surface area contributed by atoms with Gasteiger partial charge in [-0.05, 0) is 43.3 Å². The highest BCUT2D eigenvalue weighted by molar-refractivity contribution is 7.91. The van der Waals surface area contributed by atoms with Crippen LogP contribution in [-0.2, 0) is 16.6 Å². The lowest BCUT2D eigenvalue weighted by atomic mass is 10.1. The maximum atomic E-state index is 12.8. The zero-order valence-corrected chi connectivity index (χ0v) is 13.9. The fourth-order valence-corrected chi connectivity index (χ4v) is 5.61. The normalized spacial score (nSPS) is 21.8. The van der Waals surface area contributed by atoms with Crippen LogP contribution < -0.4 is 5.32 Å². The molecule has 0 bridgehead atoms. The molecule has 20 heavy (non-hydrogen) atoms. The van der Waals surface area contributed by atoms with Crippen molar-refractivity contribution in [1.82, 2.24) is 9.62 Å². The summed E-state index contributed by atoms with van der Waals surface area (Å²) in [4.78, 5) is 0. The Labute approximate surface area is 126 Å². The van der Waals surface area contributed by atoms with Gasteiger partial charge in [0, 0.05) is 19.1 Å². The summed E-state index contributed by atoms with van der Waals surface area (Å²) in [5.41, 5.74) is 1.05. The Morgan fingerprint density at radius 2 is 2.20 bits per heavy atom. The molecule has 0 aromatic carbocycles. The van der Waals surface area contributed by atoms with Gasteiger partial charge in [-0.2, -0.15) is 4.31 Å². The molecule has 0 spiro atoms. The molecule has 0 saturated carbocycles. The summed E-state index contributed by atoms with van der Waals surface area (Å²) >= 11 is 1.34. The van der Waals surface area contributed by atoms with E-state index in [-0.39, 0.29) is 6.04 Å². The fourth-order valence-electron chi connectivity index (χ4n) is 2.57. The number of nitrogens with one attached hydrogen (secondary N) is 1. The third-order valence-electron chi connectivity index (χ3n) is 3.76. The van der Waals surface area contributed by atoms with Crippen LogP contribution in [0.3, 0.4) is 0 Å². The number of hydrogen-bond donors (Lipinski definition) is 1. The summed E-state index contributed by atoms with van der Waals surface area (Å²) in [6.07, 6.45) is 4.20. The summed E-state index contributed by atoms with van der Waals surface area (Å²) in [6.45, 7) is 6.35. The average Bonchev–Trinajstić information content (AvgIpc) is 2.79. The molecule has 0 amide bonds. The molecule has 114 valence electrons. The zero-order chi connectivity index (χ0) is 14.6. The van der Waals surface area contributed by atoms with Crippen molar-refractivity contribution in [2.45, 2.75) is 56.3 Å². The summed E-state index contributed by atoms with van der Waals surface area (Å²) in [7, 11) is -3.31. The van der Waals surface area contributed by atoms with E-state index in [0.29, 0.717) is 10.8 Å². The molecule has 6 heteroatoms. The molecule has 1 atom stereocenters. The Balaban J connectivity index is 2.18. The molecule has 1 unspecified atom stereocenters. The molecule has 0 aliphatic carbocycles. The van der Waals surface area contributed by atoms with Crippen molar-refractivity contribution in [3.05, 3.63) is 17.0 Å². The van der Waals surface area contributed by atoms with Crippen molar-refractivity contribution >= 4 is 21.4 Å². The first-order chi connectivity index (χ1) is 9.55. The third kappa shape index (κ3) is 3.61. The van der Waals surface area contributed by atoms with Crippen LogP contribution in [0.15, 0.2) is 15.7 Å². The lowest BCUT2D eigenvalue weighted by Gasteiger charge is -2.25. The van der Waals surface area contributed by atoms with Crippen LogP contribution in [0.2, 0.25) is 0 Å². The largest absolute Gasteiger partial charge is 0.313 e. The summed E-state index contributed by atoms with van der Waals surface area (Å²) in [5.74, 6) is 0. The minimum absolute atomic E-state index is 0.113. The standard InChI is InChI=1S/C14H24N2O2S2/c1-3-15-10-13-9-14(19-11-13)20(17,18)16-8-6-4-5-7-12(16)2/h9,11-12,15H,3-8,10H2,1-2H3. The van der Waals surface area contributed by atoms with Gasteiger partial charge in [0.05, 0.1) is 0 Å². The minimum Gasteiger partial charge on any atom is -0.313 e. The van der Waals surface area contributed by atoms with E-state index in [0.717, 1.165) is 44.3 Å². The number of thiophene rings is 1. The summed E-state index contributed by atoms with van der Waals surface area (Å²) in [6, 6.07) is 1.93. The van der Waals surface area contributed by atoms with Crippen LogP contribution in [-0.4, -0.2) is 31.9 Å². The SMILES string of the molecule is CCNCc1csc(S(=O)(=O)N2CCCCCC2C)c1. The van der Waals surface area contributed by atoms with Crippen LogP contribution in [0.4, 0.5) is 0 Å². The van der Waals surface area contributed by atoms with E-state index in [2.05, 4.69) is 5.32 Å². The van der Waals surface area contributed by atoms with Crippen LogP contribution >= 0.6 is 11.3 Å². The Morgan fingerprint density at radius 3 is 2.95 bits per heavy atom. The molecule has 1 aromatic rings. The number of rotatable bonds is 5. The van der Waals surface area contributed by atoms with Gasteiger partial charge in [0.25, 0.3) is 10.0 Å². The van der Waals surface area contributed by atoms with Gasteiger partial charge in [-0.1, -0.05) is 19.8 Å². The maximum absolute atomic E-state index is 12.8. The van der Waals surface area contributed by atoms with Gasteiger partial charge in [-0.3, -0.25) is 0 Å². The second-order valence-electron chi connectivity index (χ2n) is 5.37. The highest BCUT2D eigenvalue weighted by atomic mass is 32.2. The van der Waals surface area contributed by atoms with E-state index < -0.39 is 10.0 Å². The molecule has 4 nitrogen and oxygen atoms in total. The number of nitrogens with zero attached hydrogens (tertiary/aromatic N) is 1. The van der Waals surface area contributed by atoms with E-state index in [9.17, 15) is 8.42 Å². The van der Waals surface area contributed by atoms with Gasteiger partial charge in [-0.15, -0.1) is 11.3 Å². The van der Waals surface area contributed by atoms with Gasteiger partial charge in [0.2, 0.25) is 0 Å². The van der Waals surface area contributed by atoms with E-state index in [1.807, 2.05) is 25.3 Å². The molecular formula is C14H24N2O2S2. The summed E-state index contributed by atoms with van der Waals surface area (Å²) < 4.78 is 27.7. The van der Waals surface area contributed by atoms with E-state index in [1.54, 1.807) is 4.31 Å². The van der Waals surface area contributed by atoms with Crippen LogP contribution in [0, 0.1) is 0 Å². The second-order valence-corrected chi connectivity index (χ2v) is 8.40. The molecule has 2 heterocycles. The minimum atomic E-state index is -3.31. The third-order valence-corrected chi connectivity index (χ3v) is 7.24. The average molecular weight is 316 g/mol. The van der Waals surface area contributed by atoms with Gasteiger partial charge < -0.3 is 5.32 Å². The monoisotopic (exact) mass is 316 g/mol. The first kappa shape index (κ1) is 15.9. The summed E-state index contributed by atoms with van der Waals surface area (Å²) in [5, 5.41) is 5.17. The molecule has 1 aromatic heterocycles. The zero-order valence-electron chi connectivity index (χ0n) is 12.3. The number of hydrogen-bond acceptors (Lipinski definition) is 4. The van der Waals surface area contributed by atoms with Crippen molar-refractivity contribution in [2.24, 2.45) is 0 Å². The topological polar surface area (TPSA) is 49.4 Å². The van der Waals surface area contributed by atoms with Crippen LogP contribution in [0.1, 0.15) is 45.1 Å². The van der Waals surface area contributed by atoms with E-state index >= 15 is 0 Å². The van der Waals surface area contributed by atoms with Gasteiger partial charge in [0.1, 0.15) is 4.21 Å². The smallest absolute Gasteiger partial charge is 0.252 e. The first-order valence-electron chi connectivity index (χ1n) is 7.35. The van der Waals surface area contributed by atoms with Crippen molar-refractivity contribution in [2.75, 3.05) is 13.1 Å². The second kappa shape index (κ2) is 7.02. The molecule has 1 N–H and O–H groups in total. The van der Waals surface area contributed by atoms with Crippen molar-refractivity contribution in [3.8, 4) is 0 Å². The molecule has 1 aliphatic rings. The number of sulfonamides is 1.